The molecule has 1 aromatic carbocycles. The molecule has 1 amide bonds. The molecule has 1 aromatic heterocycles. The molecule has 20 heavy (non-hydrogen) atoms. The van der Waals surface area contributed by atoms with Gasteiger partial charge in [0.1, 0.15) is 0 Å². The maximum absolute atomic E-state index is 12.1. The van der Waals surface area contributed by atoms with Crippen molar-refractivity contribution in [3.63, 3.8) is 0 Å². The first kappa shape index (κ1) is 14.2. The number of anilines is 1. The van der Waals surface area contributed by atoms with E-state index in [-0.39, 0.29) is 11.1 Å². The topological polar surface area (TPSA) is 79.3 Å². The highest BCUT2D eigenvalue weighted by Crippen LogP contribution is 2.23. The number of nitrogens with one attached hydrogen (secondary N) is 1. The van der Waals surface area contributed by atoms with Crippen LogP contribution in [0.3, 0.4) is 0 Å². The van der Waals surface area contributed by atoms with E-state index in [0.717, 1.165) is 17.0 Å². The number of carboxylic acids is 1. The van der Waals surface area contributed by atoms with Gasteiger partial charge in [-0.05, 0) is 25.5 Å². The second-order valence-corrected chi connectivity index (χ2v) is 5.38. The molecule has 1 heterocycles. The van der Waals surface area contributed by atoms with Crippen molar-refractivity contribution in [3.05, 3.63) is 46.0 Å². The van der Waals surface area contributed by atoms with E-state index in [1.54, 1.807) is 12.1 Å². The Hall–Kier alpha value is -2.21. The second-order valence-electron chi connectivity index (χ2n) is 4.18. The number of thiazole rings is 1. The van der Waals surface area contributed by atoms with Crippen molar-refractivity contribution in [2.24, 2.45) is 0 Å². The lowest BCUT2D eigenvalue weighted by Crippen LogP contribution is -2.16. The maximum Gasteiger partial charge on any atom is 0.336 e. The number of hydrogen-bond donors (Lipinski definition) is 2. The molecule has 0 aliphatic rings. The molecule has 0 bridgehead atoms. The molecule has 104 valence electrons. The van der Waals surface area contributed by atoms with Gasteiger partial charge in [-0.25, -0.2) is 9.78 Å². The predicted molar refractivity (Wildman–Crippen MR) is 77.6 cm³/mol. The highest BCUT2D eigenvalue weighted by atomic mass is 32.1. The van der Waals surface area contributed by atoms with Crippen molar-refractivity contribution in [2.75, 3.05) is 5.32 Å². The Bertz CT molecular complexity index is 664. The van der Waals surface area contributed by atoms with Crippen LogP contribution < -0.4 is 5.32 Å². The Morgan fingerprint density at radius 1 is 1.30 bits per heavy atom. The molecular formula is C14H14N2O3S. The zero-order chi connectivity index (χ0) is 14.7. The van der Waals surface area contributed by atoms with Gasteiger partial charge in [0.15, 0.2) is 5.13 Å². The minimum absolute atomic E-state index is 0.0195. The van der Waals surface area contributed by atoms with Gasteiger partial charge in [-0.1, -0.05) is 19.1 Å². The average Bonchev–Trinajstić information content (AvgIpc) is 2.78. The molecule has 0 radical (unpaired) electrons. The van der Waals surface area contributed by atoms with Crippen molar-refractivity contribution < 1.29 is 14.7 Å². The smallest absolute Gasteiger partial charge is 0.336 e. The molecule has 0 aliphatic heterocycles. The molecule has 2 aromatic rings. The van der Waals surface area contributed by atoms with Crippen LogP contribution in [0.25, 0.3) is 0 Å². The third-order valence-corrected chi connectivity index (χ3v) is 3.78. The first-order chi connectivity index (χ1) is 9.52. The van der Waals surface area contributed by atoms with E-state index in [2.05, 4.69) is 10.3 Å². The van der Waals surface area contributed by atoms with E-state index >= 15 is 0 Å². The van der Waals surface area contributed by atoms with Gasteiger partial charge in [0, 0.05) is 4.88 Å². The molecule has 0 saturated heterocycles. The summed E-state index contributed by atoms with van der Waals surface area (Å²) in [5, 5.41) is 12.2. The van der Waals surface area contributed by atoms with Gasteiger partial charge in [0.05, 0.1) is 16.8 Å². The number of carbonyl (C=O) groups excluding carboxylic acids is 1. The Labute approximate surface area is 120 Å². The third kappa shape index (κ3) is 2.85. The number of aromatic carboxylic acids is 1. The quantitative estimate of drug-likeness (QED) is 0.907. The van der Waals surface area contributed by atoms with Gasteiger partial charge in [-0.3, -0.25) is 10.1 Å². The molecule has 2 rings (SSSR count). The number of aromatic nitrogens is 1. The number of carbonyl (C=O) groups is 2. The molecule has 6 heteroatoms. The zero-order valence-electron chi connectivity index (χ0n) is 11.1. The summed E-state index contributed by atoms with van der Waals surface area (Å²) in [5.41, 5.74) is 1.05. The summed E-state index contributed by atoms with van der Waals surface area (Å²) in [4.78, 5) is 28.6. The summed E-state index contributed by atoms with van der Waals surface area (Å²) in [6.45, 7) is 3.94. The van der Waals surface area contributed by atoms with Crippen LogP contribution in [0, 0.1) is 6.92 Å². The van der Waals surface area contributed by atoms with Crippen LogP contribution in [-0.4, -0.2) is 22.0 Å². The summed E-state index contributed by atoms with van der Waals surface area (Å²) in [5.74, 6) is -1.58. The Morgan fingerprint density at radius 3 is 2.50 bits per heavy atom. The van der Waals surface area contributed by atoms with Crippen LogP contribution >= 0.6 is 11.3 Å². The Kier molecular flexibility index (Phi) is 4.14. The fourth-order valence-corrected chi connectivity index (χ4v) is 2.74. The standard InChI is InChI=1S/C14H14N2O3S/c1-3-11-8(2)20-14(15-11)16-12(17)9-6-4-5-7-10(9)13(18)19/h4-7H,3H2,1-2H3,(H,18,19)(H,15,16,17). The zero-order valence-corrected chi connectivity index (χ0v) is 12.0. The van der Waals surface area contributed by atoms with Gasteiger partial charge in [-0.15, -0.1) is 11.3 Å². The molecule has 0 atom stereocenters. The largest absolute Gasteiger partial charge is 0.478 e. The molecule has 0 unspecified atom stereocenters. The fourth-order valence-electron chi connectivity index (χ4n) is 1.84. The minimum Gasteiger partial charge on any atom is -0.478 e. The van der Waals surface area contributed by atoms with E-state index in [1.165, 1.54) is 23.5 Å². The molecular weight excluding hydrogens is 276 g/mol. The lowest BCUT2D eigenvalue weighted by molar-refractivity contribution is 0.0692. The number of benzene rings is 1. The van der Waals surface area contributed by atoms with E-state index in [4.69, 9.17) is 5.11 Å². The van der Waals surface area contributed by atoms with E-state index in [0.29, 0.717) is 5.13 Å². The molecule has 0 spiro atoms. The fraction of sp³-hybridized carbons (Fsp3) is 0.214. The van der Waals surface area contributed by atoms with Crippen molar-refractivity contribution in [3.8, 4) is 0 Å². The van der Waals surface area contributed by atoms with Gasteiger partial charge < -0.3 is 5.11 Å². The molecule has 2 N–H and O–H groups in total. The molecule has 0 aliphatic carbocycles. The van der Waals surface area contributed by atoms with Crippen LogP contribution in [-0.2, 0) is 6.42 Å². The SMILES string of the molecule is CCc1nc(NC(=O)c2ccccc2C(=O)O)sc1C. The average molecular weight is 290 g/mol. The van der Waals surface area contributed by atoms with Crippen molar-refractivity contribution in [1.29, 1.82) is 0 Å². The number of rotatable bonds is 4. The number of nitrogens with zero attached hydrogens (tertiary/aromatic N) is 1. The normalized spacial score (nSPS) is 10.3. The predicted octanol–water partition coefficient (Wildman–Crippen LogP) is 2.96. The number of carboxylic acid groups (broad SMARTS) is 1. The monoisotopic (exact) mass is 290 g/mol. The molecule has 0 fully saturated rings. The van der Waals surface area contributed by atoms with Crippen LogP contribution in [0.4, 0.5) is 5.13 Å². The van der Waals surface area contributed by atoms with E-state index in [1.807, 2.05) is 13.8 Å². The van der Waals surface area contributed by atoms with Gasteiger partial charge in [-0.2, -0.15) is 0 Å². The van der Waals surface area contributed by atoms with Crippen molar-refractivity contribution in [1.82, 2.24) is 4.98 Å². The van der Waals surface area contributed by atoms with E-state index < -0.39 is 11.9 Å². The second kappa shape index (κ2) is 5.83. The number of amides is 1. The lowest BCUT2D eigenvalue weighted by atomic mass is 10.1. The van der Waals surface area contributed by atoms with Gasteiger partial charge in [0.2, 0.25) is 0 Å². The van der Waals surface area contributed by atoms with Crippen LogP contribution in [0.15, 0.2) is 24.3 Å². The van der Waals surface area contributed by atoms with Crippen LogP contribution in [0.5, 0.6) is 0 Å². The highest BCUT2D eigenvalue weighted by molar-refractivity contribution is 7.15. The Morgan fingerprint density at radius 2 is 1.95 bits per heavy atom. The molecule has 0 saturated carbocycles. The van der Waals surface area contributed by atoms with Crippen LogP contribution in [0.2, 0.25) is 0 Å². The number of hydrogen-bond acceptors (Lipinski definition) is 4. The minimum atomic E-state index is -1.12. The molecule has 5 nitrogen and oxygen atoms in total. The summed E-state index contributed by atoms with van der Waals surface area (Å²) < 4.78 is 0. The van der Waals surface area contributed by atoms with Crippen molar-refractivity contribution in [2.45, 2.75) is 20.3 Å². The summed E-state index contributed by atoms with van der Waals surface area (Å²) in [7, 11) is 0. The summed E-state index contributed by atoms with van der Waals surface area (Å²) in [6.07, 6.45) is 0.796. The lowest BCUT2D eigenvalue weighted by Gasteiger charge is -2.05. The Balaban J connectivity index is 2.26. The van der Waals surface area contributed by atoms with Crippen molar-refractivity contribution >= 4 is 28.3 Å². The maximum atomic E-state index is 12.1. The first-order valence-corrected chi connectivity index (χ1v) is 6.94. The van der Waals surface area contributed by atoms with Gasteiger partial charge >= 0.3 is 5.97 Å². The van der Waals surface area contributed by atoms with E-state index in [9.17, 15) is 9.59 Å². The summed E-state index contributed by atoms with van der Waals surface area (Å²) in [6, 6.07) is 6.11. The number of aryl methyl sites for hydroxylation is 2. The first-order valence-electron chi connectivity index (χ1n) is 6.13. The summed E-state index contributed by atoms with van der Waals surface area (Å²) >= 11 is 1.39. The van der Waals surface area contributed by atoms with Gasteiger partial charge in [0.25, 0.3) is 5.91 Å². The third-order valence-electron chi connectivity index (χ3n) is 2.85. The van der Waals surface area contributed by atoms with Crippen LogP contribution in [0.1, 0.15) is 38.2 Å². The highest BCUT2D eigenvalue weighted by Gasteiger charge is 2.17.